The van der Waals surface area contributed by atoms with Gasteiger partial charge in [-0.3, -0.25) is 4.57 Å². The molecule has 8 rings (SSSR count). The average molecular weight is 603 g/mol. The van der Waals surface area contributed by atoms with Crippen LogP contribution in [0, 0.1) is 0 Å². The van der Waals surface area contributed by atoms with E-state index >= 15 is 0 Å². The molecule has 2 aromatic heterocycles. The van der Waals surface area contributed by atoms with Crippen molar-refractivity contribution in [1.29, 1.82) is 0 Å². The third-order valence-electron chi connectivity index (χ3n) is 9.76. The molecule has 1 aliphatic heterocycles. The van der Waals surface area contributed by atoms with Gasteiger partial charge in [0, 0.05) is 10.8 Å². The summed E-state index contributed by atoms with van der Waals surface area (Å²) < 4.78 is 8.99. The van der Waals surface area contributed by atoms with Gasteiger partial charge < -0.3 is 4.42 Å². The maximum atomic E-state index is 6.56. The van der Waals surface area contributed by atoms with Crippen molar-refractivity contribution in [3.63, 3.8) is 0 Å². The second kappa shape index (κ2) is 10.2. The Bertz CT molecular complexity index is 2280. The SMILES string of the molecule is CC(C)c1cc(C2=Cc3ccccc3[Si]2(C)C)cc(C(C)C)c1-n1c(-c2cccc3c2oc2ccccc23)nc2ccccc21. The normalized spacial score (nSPS) is 14.3. The van der Waals surface area contributed by atoms with E-state index in [4.69, 9.17) is 9.40 Å². The zero-order chi connectivity index (χ0) is 31.0. The Kier molecular flexibility index (Phi) is 6.30. The second-order valence-electron chi connectivity index (χ2n) is 13.6. The molecule has 0 saturated carbocycles. The lowest BCUT2D eigenvalue weighted by molar-refractivity contribution is 0.669. The molecular weight excluding hydrogens is 565 g/mol. The standard InChI is InChI=1S/C41H38N2OSi/c1-25(2)32-22-28(38-24-27-14-7-12-21-37(27)45(38,5)6)23-33(26(3)4)39(32)43-35-19-10-9-18-34(35)42-41(43)31-17-13-16-30-29-15-8-11-20-36(29)44-40(30)31/h7-26H,1-6H3. The van der Waals surface area contributed by atoms with Gasteiger partial charge in [-0.05, 0) is 80.9 Å². The number of nitrogens with zero attached hydrogens (tertiary/aromatic N) is 2. The van der Waals surface area contributed by atoms with Crippen molar-refractivity contribution in [3.05, 3.63) is 125 Å². The number of hydrogen-bond acceptors (Lipinski definition) is 2. The molecule has 4 heteroatoms. The molecule has 1 aliphatic rings. The first-order chi connectivity index (χ1) is 21.7. The molecule has 7 aromatic rings. The van der Waals surface area contributed by atoms with Crippen molar-refractivity contribution in [1.82, 2.24) is 9.55 Å². The molecule has 0 aliphatic carbocycles. The summed E-state index contributed by atoms with van der Waals surface area (Å²) in [6.07, 6.45) is 2.46. The quantitative estimate of drug-likeness (QED) is 0.184. The number of para-hydroxylation sites is 4. The van der Waals surface area contributed by atoms with Gasteiger partial charge in [0.2, 0.25) is 0 Å². The summed E-state index contributed by atoms with van der Waals surface area (Å²) in [5, 5.41) is 5.29. The number of rotatable bonds is 5. The number of aromatic nitrogens is 2. The van der Waals surface area contributed by atoms with Crippen molar-refractivity contribution in [2.24, 2.45) is 0 Å². The molecule has 3 nitrogen and oxygen atoms in total. The molecule has 0 spiro atoms. The number of furan rings is 1. The lowest BCUT2D eigenvalue weighted by Crippen LogP contribution is -2.40. The zero-order valence-corrected chi connectivity index (χ0v) is 27.8. The molecule has 5 aromatic carbocycles. The molecule has 3 heterocycles. The van der Waals surface area contributed by atoms with Gasteiger partial charge in [-0.15, -0.1) is 0 Å². The Hall–Kier alpha value is -4.67. The van der Waals surface area contributed by atoms with Gasteiger partial charge in [0.25, 0.3) is 0 Å². The maximum absolute atomic E-state index is 6.56. The molecule has 0 atom stereocenters. The highest BCUT2D eigenvalue weighted by atomic mass is 28.3. The van der Waals surface area contributed by atoms with Crippen LogP contribution in [0.15, 0.2) is 108 Å². The van der Waals surface area contributed by atoms with Crippen molar-refractivity contribution >= 4 is 57.5 Å². The second-order valence-corrected chi connectivity index (χ2v) is 18.0. The Labute approximate surface area is 265 Å². The van der Waals surface area contributed by atoms with Crippen LogP contribution in [0.3, 0.4) is 0 Å². The summed E-state index contributed by atoms with van der Waals surface area (Å²) in [4.78, 5) is 5.33. The van der Waals surface area contributed by atoms with Gasteiger partial charge in [0.15, 0.2) is 0 Å². The summed E-state index contributed by atoms with van der Waals surface area (Å²) in [6, 6.07) is 37.2. The first-order valence-electron chi connectivity index (χ1n) is 16.1. The molecule has 0 radical (unpaired) electrons. The predicted octanol–water partition coefficient (Wildman–Crippen LogP) is 10.8. The van der Waals surface area contributed by atoms with Crippen LogP contribution in [0.1, 0.15) is 61.8 Å². The molecule has 0 fully saturated rings. The van der Waals surface area contributed by atoms with Gasteiger partial charge in [0.1, 0.15) is 25.1 Å². The maximum Gasteiger partial charge on any atom is 0.149 e. The van der Waals surface area contributed by atoms with E-state index in [0.29, 0.717) is 11.8 Å². The fourth-order valence-corrected chi connectivity index (χ4v) is 10.5. The van der Waals surface area contributed by atoms with Crippen LogP contribution in [0.4, 0.5) is 0 Å². The fraction of sp³-hybridized carbons (Fsp3) is 0.195. The lowest BCUT2D eigenvalue weighted by Gasteiger charge is -2.27. The molecule has 0 N–H and O–H groups in total. The smallest absolute Gasteiger partial charge is 0.149 e. The van der Waals surface area contributed by atoms with E-state index in [1.54, 1.807) is 0 Å². The highest BCUT2D eigenvalue weighted by Gasteiger charge is 2.36. The minimum absolute atomic E-state index is 0.308. The van der Waals surface area contributed by atoms with Gasteiger partial charge in [0.05, 0.1) is 22.3 Å². The first-order valence-corrected chi connectivity index (χ1v) is 19.1. The van der Waals surface area contributed by atoms with E-state index in [1.165, 1.54) is 38.3 Å². The number of hydrogen-bond donors (Lipinski definition) is 0. The number of fused-ring (bicyclic) bond motifs is 5. The van der Waals surface area contributed by atoms with Gasteiger partial charge >= 0.3 is 0 Å². The highest BCUT2D eigenvalue weighted by molar-refractivity contribution is 7.07. The van der Waals surface area contributed by atoms with Crippen molar-refractivity contribution in [2.45, 2.75) is 52.6 Å². The van der Waals surface area contributed by atoms with Crippen molar-refractivity contribution in [2.75, 3.05) is 0 Å². The van der Waals surface area contributed by atoms with Crippen LogP contribution in [0.25, 0.3) is 61.3 Å². The Morgan fingerprint density at radius 1 is 0.711 bits per heavy atom. The average Bonchev–Trinajstić information content (AvgIpc) is 3.69. The number of imidazole rings is 1. The number of benzene rings is 5. The van der Waals surface area contributed by atoms with E-state index in [9.17, 15) is 0 Å². The van der Waals surface area contributed by atoms with Crippen LogP contribution < -0.4 is 5.19 Å². The third kappa shape index (κ3) is 4.19. The minimum Gasteiger partial charge on any atom is -0.455 e. The topological polar surface area (TPSA) is 31.0 Å². The van der Waals surface area contributed by atoms with Gasteiger partial charge in [-0.25, -0.2) is 4.98 Å². The zero-order valence-electron chi connectivity index (χ0n) is 26.8. The van der Waals surface area contributed by atoms with E-state index in [2.05, 4.69) is 148 Å². The Morgan fingerprint density at radius 2 is 1.38 bits per heavy atom. The van der Waals surface area contributed by atoms with E-state index < -0.39 is 8.07 Å². The van der Waals surface area contributed by atoms with Crippen molar-refractivity contribution < 1.29 is 4.42 Å². The Balaban J connectivity index is 1.44. The van der Waals surface area contributed by atoms with Crippen LogP contribution in [0.2, 0.25) is 13.1 Å². The molecule has 0 bridgehead atoms. The molecule has 0 amide bonds. The van der Waals surface area contributed by atoms with Crippen molar-refractivity contribution in [3.8, 4) is 17.1 Å². The molecule has 222 valence electrons. The summed E-state index contributed by atoms with van der Waals surface area (Å²) in [5.41, 5.74) is 11.6. The van der Waals surface area contributed by atoms with Crippen LogP contribution >= 0.6 is 0 Å². The van der Waals surface area contributed by atoms with E-state index in [1.807, 2.05) is 6.07 Å². The largest absolute Gasteiger partial charge is 0.455 e. The predicted molar refractivity (Wildman–Crippen MR) is 193 cm³/mol. The minimum atomic E-state index is -1.85. The summed E-state index contributed by atoms with van der Waals surface area (Å²) in [6.45, 7) is 14.3. The van der Waals surface area contributed by atoms with Crippen LogP contribution in [-0.2, 0) is 0 Å². The fourth-order valence-electron chi connectivity index (χ4n) is 7.45. The molecule has 0 unspecified atom stereocenters. The van der Waals surface area contributed by atoms with Crippen LogP contribution in [-0.4, -0.2) is 17.6 Å². The van der Waals surface area contributed by atoms with Crippen LogP contribution in [0.5, 0.6) is 0 Å². The monoisotopic (exact) mass is 602 g/mol. The Morgan fingerprint density at radius 3 is 2.13 bits per heavy atom. The molecule has 0 saturated heterocycles. The summed E-state index contributed by atoms with van der Waals surface area (Å²) in [7, 11) is -1.85. The summed E-state index contributed by atoms with van der Waals surface area (Å²) >= 11 is 0. The molecule has 45 heavy (non-hydrogen) atoms. The van der Waals surface area contributed by atoms with Gasteiger partial charge in [-0.2, -0.15) is 0 Å². The molecular formula is C41H38N2OSi. The van der Waals surface area contributed by atoms with Gasteiger partial charge in [-0.1, -0.05) is 114 Å². The van der Waals surface area contributed by atoms with E-state index in [0.717, 1.165) is 44.4 Å². The first kappa shape index (κ1) is 27.8. The summed E-state index contributed by atoms with van der Waals surface area (Å²) in [5.74, 6) is 1.53. The highest BCUT2D eigenvalue weighted by Crippen LogP contribution is 2.43. The third-order valence-corrected chi connectivity index (χ3v) is 13.3. The lowest BCUT2D eigenvalue weighted by atomic mass is 9.89. The van der Waals surface area contributed by atoms with E-state index in [-0.39, 0.29) is 0 Å².